The van der Waals surface area contributed by atoms with E-state index in [4.69, 9.17) is 0 Å². The van der Waals surface area contributed by atoms with Gasteiger partial charge in [-0.05, 0) is 25.0 Å². The second-order valence-electron chi connectivity index (χ2n) is 3.89. The topological polar surface area (TPSA) is 53.4 Å². The first-order valence-corrected chi connectivity index (χ1v) is 5.26. The van der Waals surface area contributed by atoms with Gasteiger partial charge in [0, 0.05) is 19.3 Å². The van der Waals surface area contributed by atoms with E-state index in [0.29, 0.717) is 13.0 Å². The number of amides is 1. The van der Waals surface area contributed by atoms with Gasteiger partial charge in [-0.2, -0.15) is 4.39 Å². The minimum atomic E-state index is -0.757. The van der Waals surface area contributed by atoms with E-state index < -0.39 is 18.0 Å². The first-order valence-electron chi connectivity index (χ1n) is 5.26. The van der Waals surface area contributed by atoms with Gasteiger partial charge in [0.15, 0.2) is 0 Å². The molecular weight excluding hydrogens is 211 g/mol. The monoisotopic (exact) mass is 224 g/mol. The number of hydrogen-bond donors (Lipinski definition) is 1. The second-order valence-corrected chi connectivity index (χ2v) is 3.89. The lowest BCUT2D eigenvalue weighted by molar-refractivity contribution is 0.0469. The molecule has 1 amide bonds. The molecule has 0 radical (unpaired) electrons. The zero-order valence-corrected chi connectivity index (χ0v) is 8.77. The van der Waals surface area contributed by atoms with Crippen LogP contribution >= 0.6 is 0 Å². The number of hydrogen-bond acceptors (Lipinski definition) is 3. The molecule has 0 spiro atoms. The molecule has 4 nitrogen and oxygen atoms in total. The number of aliphatic hydroxyl groups excluding tert-OH is 1. The lowest BCUT2D eigenvalue weighted by Gasteiger charge is -2.30. The van der Waals surface area contributed by atoms with Crippen molar-refractivity contribution in [3.05, 3.63) is 29.8 Å². The highest BCUT2D eigenvalue weighted by Crippen LogP contribution is 2.14. The van der Waals surface area contributed by atoms with Crippen LogP contribution in [0.1, 0.15) is 23.2 Å². The van der Waals surface area contributed by atoms with Crippen LogP contribution in [0.2, 0.25) is 0 Å². The third-order valence-corrected chi connectivity index (χ3v) is 2.67. The molecule has 16 heavy (non-hydrogen) atoms. The predicted molar refractivity (Wildman–Crippen MR) is 55.3 cm³/mol. The van der Waals surface area contributed by atoms with Crippen LogP contribution in [0.15, 0.2) is 18.3 Å². The van der Waals surface area contributed by atoms with Crippen LogP contribution in [0, 0.1) is 5.95 Å². The number of halogens is 1. The lowest BCUT2D eigenvalue weighted by Crippen LogP contribution is -2.42. The molecule has 1 N–H and O–H groups in total. The summed E-state index contributed by atoms with van der Waals surface area (Å²) in [6, 6.07) is 2.93. The molecule has 5 heteroatoms. The van der Waals surface area contributed by atoms with Gasteiger partial charge in [-0.1, -0.05) is 0 Å². The molecule has 2 rings (SSSR count). The Hall–Kier alpha value is -1.49. The molecule has 1 aromatic rings. The van der Waals surface area contributed by atoms with Gasteiger partial charge in [-0.25, -0.2) is 4.98 Å². The molecule has 0 aromatic carbocycles. The summed E-state index contributed by atoms with van der Waals surface area (Å²) in [5, 5.41) is 9.44. The van der Waals surface area contributed by atoms with Gasteiger partial charge in [0.05, 0.1) is 11.7 Å². The summed E-state index contributed by atoms with van der Waals surface area (Å²) >= 11 is 0. The second kappa shape index (κ2) is 4.57. The van der Waals surface area contributed by atoms with Crippen molar-refractivity contribution in [2.45, 2.75) is 18.9 Å². The maximum Gasteiger partial charge on any atom is 0.258 e. The average molecular weight is 224 g/mol. The Kier molecular flexibility index (Phi) is 3.14. The average Bonchev–Trinajstić information content (AvgIpc) is 2.29. The van der Waals surface area contributed by atoms with E-state index in [-0.39, 0.29) is 12.1 Å². The number of carbonyl (C=O) groups excluding carboxylic acids is 1. The quantitative estimate of drug-likeness (QED) is 0.718. The fraction of sp³-hybridized carbons (Fsp3) is 0.455. The van der Waals surface area contributed by atoms with Gasteiger partial charge < -0.3 is 10.0 Å². The van der Waals surface area contributed by atoms with E-state index in [9.17, 15) is 14.3 Å². The molecular formula is C11H13FN2O2. The summed E-state index contributed by atoms with van der Waals surface area (Å²) in [6.07, 6.45) is 2.24. The Morgan fingerprint density at radius 1 is 1.62 bits per heavy atom. The van der Waals surface area contributed by atoms with Crippen molar-refractivity contribution < 1.29 is 14.3 Å². The normalized spacial score (nSPS) is 20.9. The van der Waals surface area contributed by atoms with Gasteiger partial charge in [0.1, 0.15) is 0 Å². The molecule has 0 aliphatic carbocycles. The fourth-order valence-corrected chi connectivity index (χ4v) is 1.86. The zero-order chi connectivity index (χ0) is 11.5. The third-order valence-electron chi connectivity index (χ3n) is 2.67. The SMILES string of the molecule is O=C(c1cccnc1F)N1CCCC(O)C1. The lowest BCUT2D eigenvalue weighted by atomic mass is 10.1. The van der Waals surface area contributed by atoms with Crippen LogP contribution in [-0.4, -0.2) is 40.1 Å². The molecule has 2 heterocycles. The number of aromatic nitrogens is 1. The van der Waals surface area contributed by atoms with E-state index in [1.165, 1.54) is 23.2 Å². The van der Waals surface area contributed by atoms with Crippen molar-refractivity contribution in [1.29, 1.82) is 0 Å². The van der Waals surface area contributed by atoms with E-state index >= 15 is 0 Å². The molecule has 1 aromatic heterocycles. The van der Waals surface area contributed by atoms with E-state index in [0.717, 1.165) is 6.42 Å². The van der Waals surface area contributed by atoms with Crippen molar-refractivity contribution in [3.63, 3.8) is 0 Å². The van der Waals surface area contributed by atoms with Crippen molar-refractivity contribution in [1.82, 2.24) is 9.88 Å². The highest BCUT2D eigenvalue weighted by Gasteiger charge is 2.24. The van der Waals surface area contributed by atoms with Gasteiger partial charge >= 0.3 is 0 Å². The molecule has 0 bridgehead atoms. The molecule has 1 fully saturated rings. The fourth-order valence-electron chi connectivity index (χ4n) is 1.86. The molecule has 1 unspecified atom stereocenters. The van der Waals surface area contributed by atoms with E-state index in [2.05, 4.69) is 4.98 Å². The van der Waals surface area contributed by atoms with Crippen LogP contribution in [-0.2, 0) is 0 Å². The molecule has 86 valence electrons. The van der Waals surface area contributed by atoms with Crippen LogP contribution in [0.5, 0.6) is 0 Å². The molecule has 1 aliphatic rings. The van der Waals surface area contributed by atoms with Crippen LogP contribution in [0.3, 0.4) is 0 Å². The minimum absolute atomic E-state index is 0.0309. The van der Waals surface area contributed by atoms with Crippen molar-refractivity contribution in [2.75, 3.05) is 13.1 Å². The zero-order valence-electron chi connectivity index (χ0n) is 8.77. The first kappa shape index (κ1) is 11.0. The maximum absolute atomic E-state index is 13.3. The molecule has 1 atom stereocenters. The summed E-state index contributed by atoms with van der Waals surface area (Å²) in [5.74, 6) is -1.16. The minimum Gasteiger partial charge on any atom is -0.391 e. The van der Waals surface area contributed by atoms with Crippen LogP contribution in [0.25, 0.3) is 0 Å². The Labute approximate surface area is 92.7 Å². The number of rotatable bonds is 1. The Morgan fingerprint density at radius 3 is 3.12 bits per heavy atom. The highest BCUT2D eigenvalue weighted by molar-refractivity contribution is 5.94. The van der Waals surface area contributed by atoms with E-state index in [1.807, 2.05) is 0 Å². The van der Waals surface area contributed by atoms with Gasteiger partial charge in [0.2, 0.25) is 5.95 Å². The smallest absolute Gasteiger partial charge is 0.258 e. The Bertz CT molecular complexity index is 397. The van der Waals surface area contributed by atoms with Crippen LogP contribution < -0.4 is 0 Å². The molecule has 0 saturated carbocycles. The summed E-state index contributed by atoms with van der Waals surface area (Å²) in [5.41, 5.74) is -0.0309. The number of aliphatic hydroxyl groups is 1. The number of nitrogens with zero attached hydrogens (tertiary/aromatic N) is 2. The number of piperidine rings is 1. The van der Waals surface area contributed by atoms with Gasteiger partial charge in [0.25, 0.3) is 5.91 Å². The van der Waals surface area contributed by atoms with Crippen molar-refractivity contribution >= 4 is 5.91 Å². The predicted octanol–water partition coefficient (Wildman–Crippen LogP) is 0.818. The summed E-state index contributed by atoms with van der Waals surface area (Å²) in [7, 11) is 0. The van der Waals surface area contributed by atoms with Gasteiger partial charge in [-0.3, -0.25) is 4.79 Å². The summed E-state index contributed by atoms with van der Waals surface area (Å²) in [6.45, 7) is 0.831. The largest absolute Gasteiger partial charge is 0.391 e. The first-order chi connectivity index (χ1) is 7.68. The standard InChI is InChI=1S/C11H13FN2O2/c12-10-9(4-1-5-13-10)11(16)14-6-2-3-8(15)7-14/h1,4-5,8,15H,2-3,6-7H2. The van der Waals surface area contributed by atoms with Crippen molar-refractivity contribution in [2.24, 2.45) is 0 Å². The number of β-amino-alcohol motifs (C(OH)–C–C–N with tert-alkyl or cyclic N) is 1. The number of pyridine rings is 1. The third kappa shape index (κ3) is 2.19. The Morgan fingerprint density at radius 2 is 2.44 bits per heavy atom. The Balaban J connectivity index is 2.16. The van der Waals surface area contributed by atoms with E-state index in [1.54, 1.807) is 0 Å². The van der Waals surface area contributed by atoms with Crippen molar-refractivity contribution in [3.8, 4) is 0 Å². The molecule has 1 saturated heterocycles. The molecule has 1 aliphatic heterocycles. The highest BCUT2D eigenvalue weighted by atomic mass is 19.1. The van der Waals surface area contributed by atoms with Crippen LogP contribution in [0.4, 0.5) is 4.39 Å². The number of likely N-dealkylation sites (tertiary alicyclic amines) is 1. The summed E-state index contributed by atoms with van der Waals surface area (Å²) < 4.78 is 13.3. The maximum atomic E-state index is 13.3. The van der Waals surface area contributed by atoms with Gasteiger partial charge in [-0.15, -0.1) is 0 Å². The number of carbonyl (C=O) groups is 1. The summed E-state index contributed by atoms with van der Waals surface area (Å²) in [4.78, 5) is 16.8.